The van der Waals surface area contributed by atoms with E-state index in [2.05, 4.69) is 41.1 Å². The van der Waals surface area contributed by atoms with E-state index < -0.39 is 6.10 Å². The summed E-state index contributed by atoms with van der Waals surface area (Å²) in [6.45, 7) is 5.00. The number of benzene rings is 1. The van der Waals surface area contributed by atoms with E-state index >= 15 is 0 Å². The molecule has 3 aliphatic rings. The van der Waals surface area contributed by atoms with Crippen LogP contribution in [0.5, 0.6) is 0 Å². The van der Waals surface area contributed by atoms with Crippen LogP contribution in [0, 0.1) is 0 Å². The second kappa shape index (κ2) is 9.32. The molecule has 0 bridgehead atoms. The topological polar surface area (TPSA) is 69.6 Å². The van der Waals surface area contributed by atoms with Gasteiger partial charge in [-0.3, -0.25) is 19.7 Å². The molecule has 1 aromatic carbocycles. The first-order valence-corrected chi connectivity index (χ1v) is 13.2. The maximum Gasteiger partial charge on any atom is 0.255 e. The zero-order valence-corrected chi connectivity index (χ0v) is 20.4. The minimum atomic E-state index is -0.440. The molecule has 6 heteroatoms. The Hall–Kier alpha value is -2.83. The minimum Gasteiger partial charge on any atom is -0.391 e. The number of carbonyl (C=O) groups excluding carboxylic acids is 1. The van der Waals surface area contributed by atoms with Crippen molar-refractivity contribution in [3.8, 4) is 0 Å². The highest BCUT2D eigenvalue weighted by molar-refractivity contribution is 6.05. The van der Waals surface area contributed by atoms with Crippen LogP contribution in [-0.2, 0) is 6.54 Å². The monoisotopic (exact) mass is 470 g/mol. The van der Waals surface area contributed by atoms with Crippen molar-refractivity contribution < 1.29 is 9.90 Å². The van der Waals surface area contributed by atoms with Crippen LogP contribution in [0.15, 0.2) is 48.9 Å². The largest absolute Gasteiger partial charge is 0.391 e. The first kappa shape index (κ1) is 22.6. The van der Waals surface area contributed by atoms with E-state index in [1.807, 2.05) is 29.6 Å². The third kappa shape index (κ3) is 4.03. The number of aliphatic hydroxyl groups excluding tert-OH is 1. The van der Waals surface area contributed by atoms with Crippen LogP contribution in [0.3, 0.4) is 0 Å². The molecule has 1 saturated heterocycles. The zero-order valence-electron chi connectivity index (χ0n) is 20.4. The van der Waals surface area contributed by atoms with E-state index in [0.717, 1.165) is 80.2 Å². The molecule has 3 unspecified atom stereocenters. The number of carbonyl (C=O) groups is 1. The Labute approximate surface area is 207 Å². The standard InChI is InChI=1S/C29H34N4O2/c1-19-27-24(29(35)33(19)25-6-2-3-7-26(25)34)17-22(23-5-4-12-31-28(23)27)18-32-15-10-21(11-16-32)20-8-13-30-14-9-20/h4-5,8-9,12-14,17,19,21,25-26,34H,2-3,6-7,10-11,15-16,18H2,1H3. The van der Waals surface area contributed by atoms with Gasteiger partial charge in [-0.25, -0.2) is 0 Å². The fraction of sp³-hybridized carbons (Fsp3) is 0.483. The molecule has 6 rings (SSSR count). The maximum atomic E-state index is 13.7. The normalized spacial score (nSPS) is 25.8. The molecule has 1 amide bonds. The molecule has 182 valence electrons. The van der Waals surface area contributed by atoms with Crippen molar-refractivity contribution in [1.82, 2.24) is 19.8 Å². The third-order valence-corrected chi connectivity index (χ3v) is 8.53. The number of piperidine rings is 1. The Balaban J connectivity index is 1.28. The lowest BCUT2D eigenvalue weighted by atomic mass is 9.89. The SMILES string of the molecule is CC1c2c(cc(CN3CCC(c4ccncc4)CC3)c3cccnc23)C(=O)N1C1CCCCC1O. The Morgan fingerprint density at radius 1 is 1.03 bits per heavy atom. The van der Waals surface area contributed by atoms with Crippen molar-refractivity contribution in [2.45, 2.75) is 76.1 Å². The van der Waals surface area contributed by atoms with Gasteiger partial charge < -0.3 is 10.0 Å². The maximum absolute atomic E-state index is 13.7. The van der Waals surface area contributed by atoms with Crippen LogP contribution in [-0.4, -0.2) is 56.0 Å². The lowest BCUT2D eigenvalue weighted by molar-refractivity contribution is 0.00975. The number of amides is 1. The number of pyridine rings is 2. The summed E-state index contributed by atoms with van der Waals surface area (Å²) >= 11 is 0. The van der Waals surface area contributed by atoms with E-state index in [9.17, 15) is 9.90 Å². The smallest absolute Gasteiger partial charge is 0.255 e. The third-order valence-electron chi connectivity index (χ3n) is 8.53. The number of aliphatic hydroxyl groups is 1. The summed E-state index contributed by atoms with van der Waals surface area (Å²) in [7, 11) is 0. The number of hydrogen-bond acceptors (Lipinski definition) is 5. The van der Waals surface area contributed by atoms with Crippen molar-refractivity contribution in [2.24, 2.45) is 0 Å². The molecule has 3 aromatic rings. The molecule has 6 nitrogen and oxygen atoms in total. The van der Waals surface area contributed by atoms with Crippen LogP contribution < -0.4 is 0 Å². The highest BCUT2D eigenvalue weighted by Crippen LogP contribution is 2.43. The van der Waals surface area contributed by atoms with Crippen molar-refractivity contribution in [2.75, 3.05) is 13.1 Å². The van der Waals surface area contributed by atoms with Gasteiger partial charge in [-0.05, 0) is 87.0 Å². The zero-order chi connectivity index (χ0) is 23.9. The van der Waals surface area contributed by atoms with Gasteiger partial charge in [0.25, 0.3) is 5.91 Å². The molecule has 4 heterocycles. The Morgan fingerprint density at radius 3 is 2.57 bits per heavy atom. The highest BCUT2D eigenvalue weighted by atomic mass is 16.3. The summed E-state index contributed by atoms with van der Waals surface area (Å²) in [5.74, 6) is 0.647. The van der Waals surface area contributed by atoms with Crippen LogP contribution in [0.4, 0.5) is 0 Å². The Bertz CT molecular complexity index is 1220. The predicted molar refractivity (Wildman–Crippen MR) is 136 cm³/mol. The summed E-state index contributed by atoms with van der Waals surface area (Å²) in [6, 6.07) is 10.4. The van der Waals surface area contributed by atoms with Crippen molar-refractivity contribution >= 4 is 16.8 Å². The number of hydrogen-bond donors (Lipinski definition) is 1. The highest BCUT2D eigenvalue weighted by Gasteiger charge is 2.43. The molecule has 2 fully saturated rings. The fourth-order valence-corrected chi connectivity index (χ4v) is 6.68. The number of aromatic nitrogens is 2. The van der Waals surface area contributed by atoms with E-state index in [4.69, 9.17) is 4.98 Å². The molecule has 1 N–H and O–H groups in total. The lowest BCUT2D eigenvalue weighted by Gasteiger charge is -2.37. The fourth-order valence-electron chi connectivity index (χ4n) is 6.68. The number of likely N-dealkylation sites (tertiary alicyclic amines) is 1. The minimum absolute atomic E-state index is 0.0589. The summed E-state index contributed by atoms with van der Waals surface area (Å²) in [6.07, 6.45) is 11.2. The number of nitrogens with zero attached hydrogens (tertiary/aromatic N) is 4. The van der Waals surface area contributed by atoms with Gasteiger partial charge in [-0.15, -0.1) is 0 Å². The molecule has 0 radical (unpaired) electrons. The molecule has 0 spiro atoms. The van der Waals surface area contributed by atoms with Gasteiger partial charge in [0.15, 0.2) is 0 Å². The molecule has 2 aromatic heterocycles. The molecular weight excluding hydrogens is 436 g/mol. The van der Waals surface area contributed by atoms with Gasteiger partial charge in [0.1, 0.15) is 0 Å². The molecule has 2 aliphatic heterocycles. The van der Waals surface area contributed by atoms with E-state index in [1.54, 1.807) is 0 Å². The Kier molecular flexibility index (Phi) is 6.02. The first-order chi connectivity index (χ1) is 17.1. The molecule has 1 saturated carbocycles. The quantitative estimate of drug-likeness (QED) is 0.592. The van der Waals surface area contributed by atoms with Crippen molar-refractivity contribution in [3.63, 3.8) is 0 Å². The van der Waals surface area contributed by atoms with Gasteiger partial charge in [0.2, 0.25) is 0 Å². The summed E-state index contributed by atoms with van der Waals surface area (Å²) in [5, 5.41) is 11.9. The Morgan fingerprint density at radius 2 is 1.80 bits per heavy atom. The van der Waals surface area contributed by atoms with Gasteiger partial charge >= 0.3 is 0 Å². The van der Waals surface area contributed by atoms with Gasteiger partial charge in [0.05, 0.1) is 23.7 Å². The molecule has 3 atom stereocenters. The summed E-state index contributed by atoms with van der Waals surface area (Å²) < 4.78 is 0. The van der Waals surface area contributed by atoms with Gasteiger partial charge in [-0.1, -0.05) is 18.9 Å². The second-order valence-corrected chi connectivity index (χ2v) is 10.5. The van der Waals surface area contributed by atoms with Crippen LogP contribution in [0.1, 0.15) is 84.5 Å². The van der Waals surface area contributed by atoms with E-state index in [-0.39, 0.29) is 18.0 Å². The first-order valence-electron chi connectivity index (χ1n) is 13.2. The second-order valence-electron chi connectivity index (χ2n) is 10.5. The molecule has 35 heavy (non-hydrogen) atoms. The van der Waals surface area contributed by atoms with Gasteiger partial charge in [-0.2, -0.15) is 0 Å². The molecule has 1 aliphatic carbocycles. The van der Waals surface area contributed by atoms with Crippen molar-refractivity contribution in [3.05, 3.63) is 71.2 Å². The predicted octanol–water partition coefficient (Wildman–Crippen LogP) is 4.83. The van der Waals surface area contributed by atoms with Crippen LogP contribution in [0.2, 0.25) is 0 Å². The average molecular weight is 471 g/mol. The average Bonchev–Trinajstić information content (AvgIpc) is 3.15. The van der Waals surface area contributed by atoms with E-state index in [1.165, 1.54) is 11.1 Å². The van der Waals surface area contributed by atoms with Crippen LogP contribution in [0.25, 0.3) is 10.9 Å². The van der Waals surface area contributed by atoms with Gasteiger partial charge in [0, 0.05) is 41.6 Å². The van der Waals surface area contributed by atoms with Crippen LogP contribution >= 0.6 is 0 Å². The number of fused-ring (bicyclic) bond motifs is 3. The summed E-state index contributed by atoms with van der Waals surface area (Å²) in [4.78, 5) is 27.1. The summed E-state index contributed by atoms with van der Waals surface area (Å²) in [5.41, 5.74) is 5.32. The number of rotatable bonds is 4. The van der Waals surface area contributed by atoms with E-state index in [0.29, 0.717) is 5.92 Å². The lowest BCUT2D eigenvalue weighted by Crippen LogP contribution is -2.46. The molecular formula is C29H34N4O2. The van der Waals surface area contributed by atoms with Crippen molar-refractivity contribution in [1.29, 1.82) is 0 Å².